The fourth-order valence-electron chi connectivity index (χ4n) is 1.68. The van der Waals surface area contributed by atoms with Crippen LogP contribution in [0.2, 0.25) is 0 Å². The molecule has 1 aromatic heterocycles. The van der Waals surface area contributed by atoms with E-state index in [1.165, 1.54) is 12.8 Å². The van der Waals surface area contributed by atoms with E-state index in [-0.39, 0.29) is 0 Å². The van der Waals surface area contributed by atoms with Crippen LogP contribution in [0.4, 0.5) is 11.5 Å². The highest BCUT2D eigenvalue weighted by Crippen LogP contribution is 2.31. The number of pyridine rings is 1. The lowest BCUT2D eigenvalue weighted by Crippen LogP contribution is -2.23. The van der Waals surface area contributed by atoms with Crippen LogP contribution in [-0.4, -0.2) is 25.2 Å². The first kappa shape index (κ1) is 13.0. The van der Waals surface area contributed by atoms with Crippen molar-refractivity contribution in [1.82, 2.24) is 4.98 Å². The molecule has 0 spiro atoms. The van der Waals surface area contributed by atoms with Crippen LogP contribution in [0, 0.1) is 5.92 Å². The number of rotatable bonds is 7. The zero-order chi connectivity index (χ0) is 13.0. The van der Waals surface area contributed by atoms with E-state index < -0.39 is 0 Å². The summed E-state index contributed by atoms with van der Waals surface area (Å²) in [5.41, 5.74) is 6.44. The van der Waals surface area contributed by atoms with Crippen molar-refractivity contribution in [2.75, 3.05) is 31.1 Å². The smallest absolute Gasteiger partial charge is 0.239 e. The lowest BCUT2D eigenvalue weighted by Gasteiger charge is -2.20. The first-order chi connectivity index (χ1) is 8.74. The number of nitrogens with two attached hydrogens (primary N) is 1. The third-order valence-corrected chi connectivity index (χ3v) is 2.93. The van der Waals surface area contributed by atoms with Gasteiger partial charge in [-0.2, -0.15) is 4.98 Å². The molecule has 1 aromatic rings. The van der Waals surface area contributed by atoms with E-state index in [2.05, 4.69) is 11.9 Å². The van der Waals surface area contributed by atoms with Crippen LogP contribution >= 0.6 is 0 Å². The van der Waals surface area contributed by atoms with E-state index >= 15 is 0 Å². The zero-order valence-corrected chi connectivity index (χ0v) is 11.1. The molecule has 0 saturated heterocycles. The van der Waals surface area contributed by atoms with Crippen LogP contribution in [0.25, 0.3) is 0 Å². The van der Waals surface area contributed by atoms with Gasteiger partial charge in [0.15, 0.2) is 5.82 Å². The molecule has 2 N–H and O–H groups in total. The number of hydrogen-bond acceptors (Lipinski definition) is 5. The molecule has 1 fully saturated rings. The van der Waals surface area contributed by atoms with Gasteiger partial charge in [0.05, 0.1) is 19.4 Å². The molecule has 0 atom stereocenters. The summed E-state index contributed by atoms with van der Waals surface area (Å²) in [7, 11) is 1.64. The summed E-state index contributed by atoms with van der Waals surface area (Å²) in [6.45, 7) is 3.59. The number of hydrogen-bond donors (Lipinski definition) is 1. The molecular weight excluding hydrogens is 230 g/mol. The second-order valence-electron chi connectivity index (χ2n) is 4.60. The van der Waals surface area contributed by atoms with Crippen molar-refractivity contribution in [3.05, 3.63) is 12.1 Å². The normalized spacial score (nSPS) is 14.6. The van der Waals surface area contributed by atoms with Crippen molar-refractivity contribution in [2.45, 2.75) is 26.2 Å². The van der Waals surface area contributed by atoms with E-state index in [9.17, 15) is 0 Å². The molecule has 5 nitrogen and oxygen atoms in total. The zero-order valence-electron chi connectivity index (χ0n) is 11.1. The molecule has 5 heteroatoms. The molecule has 1 heterocycles. The summed E-state index contributed by atoms with van der Waals surface area (Å²) in [5.74, 6) is 1.93. The van der Waals surface area contributed by atoms with Crippen molar-refractivity contribution in [2.24, 2.45) is 5.92 Å². The average molecular weight is 251 g/mol. The molecule has 0 aliphatic heterocycles. The summed E-state index contributed by atoms with van der Waals surface area (Å²) in [6.07, 6.45) is 3.48. The molecule has 18 heavy (non-hydrogen) atoms. The topological polar surface area (TPSA) is 60.6 Å². The highest BCUT2D eigenvalue weighted by molar-refractivity contribution is 5.53. The maximum atomic E-state index is 5.86. The largest absolute Gasteiger partial charge is 0.476 e. The van der Waals surface area contributed by atoms with Crippen molar-refractivity contribution in [3.8, 4) is 5.88 Å². The quantitative estimate of drug-likeness (QED) is 0.753. The summed E-state index contributed by atoms with van der Waals surface area (Å²) < 4.78 is 5.66. The van der Waals surface area contributed by atoms with E-state index in [0.29, 0.717) is 24.1 Å². The molecule has 0 amide bonds. The number of nitrogen functional groups attached to an aromatic ring is 1. The average Bonchev–Trinajstić information content (AvgIpc) is 3.19. The summed E-state index contributed by atoms with van der Waals surface area (Å²) in [6, 6.07) is 3.66. The minimum Gasteiger partial charge on any atom is -0.476 e. The van der Waals surface area contributed by atoms with Gasteiger partial charge in [-0.05, 0) is 37.3 Å². The SMILES string of the molecule is CCCN(OC)c1ccc(N)c(OCC2CC2)n1. The first-order valence-corrected chi connectivity index (χ1v) is 6.45. The van der Waals surface area contributed by atoms with Gasteiger partial charge in [-0.25, -0.2) is 5.06 Å². The number of anilines is 2. The van der Waals surface area contributed by atoms with Gasteiger partial charge in [0.25, 0.3) is 0 Å². The van der Waals surface area contributed by atoms with E-state index in [0.717, 1.165) is 18.8 Å². The minimum absolute atomic E-state index is 0.512. The Morgan fingerprint density at radius 3 is 2.83 bits per heavy atom. The molecule has 100 valence electrons. The second kappa shape index (κ2) is 5.91. The highest BCUT2D eigenvalue weighted by Gasteiger charge is 2.22. The van der Waals surface area contributed by atoms with Crippen molar-refractivity contribution in [1.29, 1.82) is 0 Å². The van der Waals surface area contributed by atoms with Crippen molar-refractivity contribution < 1.29 is 9.57 Å². The van der Waals surface area contributed by atoms with Gasteiger partial charge in [-0.1, -0.05) is 6.92 Å². The molecule has 0 radical (unpaired) electrons. The Kier molecular flexibility index (Phi) is 4.25. The second-order valence-corrected chi connectivity index (χ2v) is 4.60. The summed E-state index contributed by atoms with van der Waals surface area (Å²) in [5, 5.41) is 1.74. The van der Waals surface area contributed by atoms with Crippen LogP contribution in [-0.2, 0) is 4.84 Å². The Balaban J connectivity index is 2.07. The maximum absolute atomic E-state index is 5.86. The molecular formula is C13H21N3O2. The van der Waals surface area contributed by atoms with Gasteiger partial charge in [-0.3, -0.25) is 4.84 Å². The number of ether oxygens (including phenoxy) is 1. The number of aromatic nitrogens is 1. The molecule has 2 rings (SSSR count). The lowest BCUT2D eigenvalue weighted by atomic mass is 10.3. The van der Waals surface area contributed by atoms with Crippen molar-refractivity contribution in [3.63, 3.8) is 0 Å². The van der Waals surface area contributed by atoms with Crippen LogP contribution in [0.3, 0.4) is 0 Å². The first-order valence-electron chi connectivity index (χ1n) is 6.45. The lowest BCUT2D eigenvalue weighted by molar-refractivity contribution is 0.163. The predicted molar refractivity (Wildman–Crippen MR) is 71.5 cm³/mol. The highest BCUT2D eigenvalue weighted by atomic mass is 16.7. The Labute approximate surface area is 108 Å². The van der Waals surface area contributed by atoms with Gasteiger partial charge < -0.3 is 10.5 Å². The van der Waals surface area contributed by atoms with Gasteiger partial charge in [0.2, 0.25) is 5.88 Å². The molecule has 0 aromatic carbocycles. The van der Waals surface area contributed by atoms with E-state index in [1.54, 1.807) is 12.2 Å². The third-order valence-electron chi connectivity index (χ3n) is 2.93. The van der Waals surface area contributed by atoms with Crippen LogP contribution in [0.5, 0.6) is 5.88 Å². The maximum Gasteiger partial charge on any atom is 0.239 e. The molecule has 1 aliphatic carbocycles. The van der Waals surface area contributed by atoms with E-state index in [1.807, 2.05) is 12.1 Å². The Morgan fingerprint density at radius 1 is 1.44 bits per heavy atom. The van der Waals surface area contributed by atoms with Crippen LogP contribution in [0.15, 0.2) is 12.1 Å². The standard InChI is InChI=1S/C13H21N3O2/c1-3-8-16(17-2)12-7-6-11(14)13(15-12)18-9-10-4-5-10/h6-7,10H,3-5,8-9,14H2,1-2H3. The number of hydroxylamine groups is 1. The fourth-order valence-corrected chi connectivity index (χ4v) is 1.68. The third kappa shape index (κ3) is 3.26. The van der Waals surface area contributed by atoms with Gasteiger partial charge in [0.1, 0.15) is 0 Å². The Morgan fingerprint density at radius 2 is 2.22 bits per heavy atom. The molecule has 1 saturated carbocycles. The fraction of sp³-hybridized carbons (Fsp3) is 0.615. The summed E-state index contributed by atoms with van der Waals surface area (Å²) >= 11 is 0. The Hall–Kier alpha value is -1.49. The van der Waals surface area contributed by atoms with Crippen LogP contribution < -0.4 is 15.5 Å². The molecule has 1 aliphatic rings. The van der Waals surface area contributed by atoms with Gasteiger partial charge >= 0.3 is 0 Å². The van der Waals surface area contributed by atoms with E-state index in [4.69, 9.17) is 15.3 Å². The minimum atomic E-state index is 0.512. The molecule has 0 unspecified atom stereocenters. The monoisotopic (exact) mass is 251 g/mol. The van der Waals surface area contributed by atoms with Crippen molar-refractivity contribution >= 4 is 11.5 Å². The Bertz CT molecular complexity index is 394. The summed E-state index contributed by atoms with van der Waals surface area (Å²) in [4.78, 5) is 9.70. The van der Waals surface area contributed by atoms with Gasteiger partial charge in [-0.15, -0.1) is 0 Å². The van der Waals surface area contributed by atoms with Crippen LogP contribution in [0.1, 0.15) is 26.2 Å². The molecule has 0 bridgehead atoms. The number of nitrogens with zero attached hydrogens (tertiary/aromatic N) is 2. The predicted octanol–water partition coefficient (Wildman–Crippen LogP) is 2.23. The van der Waals surface area contributed by atoms with Gasteiger partial charge in [0, 0.05) is 6.54 Å².